The molecule has 0 spiro atoms. The number of hydrogen-bond acceptors (Lipinski definition) is 6. The summed E-state index contributed by atoms with van der Waals surface area (Å²) in [6.07, 6.45) is 9.15. The van der Waals surface area contributed by atoms with Crippen LogP contribution in [0.5, 0.6) is 5.75 Å². The molecule has 1 saturated carbocycles. The topological polar surface area (TPSA) is 88.7 Å². The number of likely N-dealkylation sites (tertiary alicyclic amines) is 1. The number of carbonyl (C=O) groups is 1. The van der Waals surface area contributed by atoms with E-state index in [1.807, 2.05) is 12.1 Å². The minimum Gasteiger partial charge on any atom is -0.493 e. The van der Waals surface area contributed by atoms with E-state index in [2.05, 4.69) is 16.8 Å². The Labute approximate surface area is 184 Å². The molecule has 2 aromatic rings. The van der Waals surface area contributed by atoms with Crippen LogP contribution in [0.15, 0.2) is 18.3 Å². The molecule has 2 heterocycles. The van der Waals surface area contributed by atoms with Crippen molar-refractivity contribution in [1.82, 2.24) is 9.88 Å². The van der Waals surface area contributed by atoms with Crippen LogP contribution in [0.1, 0.15) is 67.8 Å². The number of unbranched alkanes of at least 4 members (excludes halogenated alkanes) is 1. The first-order valence-corrected chi connectivity index (χ1v) is 11.8. The van der Waals surface area contributed by atoms with Crippen LogP contribution in [0.2, 0.25) is 0 Å². The van der Waals surface area contributed by atoms with Crippen LogP contribution in [-0.2, 0) is 6.61 Å². The Morgan fingerprint density at radius 3 is 2.68 bits per heavy atom. The summed E-state index contributed by atoms with van der Waals surface area (Å²) in [7, 11) is 0. The normalized spacial score (nSPS) is 17.9. The highest BCUT2D eigenvalue weighted by Crippen LogP contribution is 2.36. The number of piperidine rings is 1. The average Bonchev–Trinajstić information content (AvgIpc) is 3.60. The van der Waals surface area contributed by atoms with Gasteiger partial charge in [-0.3, -0.25) is 9.78 Å². The van der Waals surface area contributed by atoms with E-state index in [1.165, 1.54) is 19.4 Å². The van der Waals surface area contributed by atoms with Gasteiger partial charge in [0.15, 0.2) is 5.78 Å². The summed E-state index contributed by atoms with van der Waals surface area (Å²) in [5.41, 5.74) is 8.74. The first-order chi connectivity index (χ1) is 15.1. The maximum absolute atomic E-state index is 12.6. The van der Waals surface area contributed by atoms with Crippen LogP contribution >= 0.6 is 0 Å². The molecule has 0 radical (unpaired) electrons. The summed E-state index contributed by atoms with van der Waals surface area (Å²) in [6, 6.07) is 3.68. The Bertz CT molecular complexity index is 918. The molecule has 6 heteroatoms. The predicted octanol–water partition coefficient (Wildman–Crippen LogP) is 4.18. The van der Waals surface area contributed by atoms with Gasteiger partial charge >= 0.3 is 0 Å². The number of nitrogens with two attached hydrogens (primary N) is 1. The van der Waals surface area contributed by atoms with Gasteiger partial charge in [0.1, 0.15) is 5.75 Å². The zero-order chi connectivity index (χ0) is 21.8. The van der Waals surface area contributed by atoms with Gasteiger partial charge in [-0.25, -0.2) is 0 Å². The number of Topliss-reactive ketones (excluding diaryl/α,β-unsaturated/α-hetero) is 1. The van der Waals surface area contributed by atoms with Crippen molar-refractivity contribution >= 4 is 22.4 Å². The zero-order valence-corrected chi connectivity index (χ0v) is 18.6. The number of fused-ring (bicyclic) bond motifs is 1. The number of carbonyl (C=O) groups excluding carboxylic acids is 1. The van der Waals surface area contributed by atoms with Crippen LogP contribution in [0.25, 0.3) is 10.9 Å². The molecule has 1 aromatic carbocycles. The van der Waals surface area contributed by atoms with E-state index in [-0.39, 0.29) is 12.4 Å². The summed E-state index contributed by atoms with van der Waals surface area (Å²) < 4.78 is 6.18. The van der Waals surface area contributed by atoms with Crippen molar-refractivity contribution in [3.63, 3.8) is 0 Å². The SMILES string of the molecule is CCCCN1CCC(COc2cc3c(N)c(C(=O)CC4CC4)cnc3cc2CO)CC1. The fourth-order valence-electron chi connectivity index (χ4n) is 4.42. The van der Waals surface area contributed by atoms with Gasteiger partial charge in [0.25, 0.3) is 0 Å². The Morgan fingerprint density at radius 2 is 2.00 bits per heavy atom. The molecule has 6 nitrogen and oxygen atoms in total. The van der Waals surface area contributed by atoms with E-state index < -0.39 is 0 Å². The van der Waals surface area contributed by atoms with Crippen molar-refractivity contribution in [2.45, 2.75) is 58.5 Å². The Balaban J connectivity index is 1.46. The molecule has 2 aliphatic rings. The smallest absolute Gasteiger partial charge is 0.166 e. The Hall–Kier alpha value is -2.18. The number of ketones is 1. The molecule has 4 rings (SSSR count). The van der Waals surface area contributed by atoms with Crippen molar-refractivity contribution in [2.75, 3.05) is 32.0 Å². The summed E-state index contributed by atoms with van der Waals surface area (Å²) in [4.78, 5) is 19.6. The van der Waals surface area contributed by atoms with Gasteiger partial charge < -0.3 is 20.5 Å². The van der Waals surface area contributed by atoms with E-state index in [1.54, 1.807) is 6.20 Å². The van der Waals surface area contributed by atoms with E-state index >= 15 is 0 Å². The average molecular weight is 426 g/mol. The highest BCUT2D eigenvalue weighted by molar-refractivity contribution is 6.07. The molecule has 1 aliphatic carbocycles. The standard InChI is InChI=1S/C25H35N3O3/c1-2-3-8-28-9-6-18(7-10-28)16-31-24-13-20-22(12-19(24)15-29)27-14-21(25(20)26)23(30)11-17-4-5-17/h12-14,17-18,29H,2-11,15-16H2,1H3,(H2,26,27). The zero-order valence-electron chi connectivity index (χ0n) is 18.6. The number of aliphatic hydroxyl groups is 1. The molecule has 31 heavy (non-hydrogen) atoms. The van der Waals surface area contributed by atoms with Crippen LogP contribution in [-0.4, -0.2) is 47.0 Å². The number of ether oxygens (including phenoxy) is 1. The number of pyridine rings is 1. The van der Waals surface area contributed by atoms with Crippen molar-refractivity contribution in [1.29, 1.82) is 0 Å². The molecule has 1 aromatic heterocycles. The number of anilines is 1. The molecule has 1 saturated heterocycles. The Morgan fingerprint density at radius 1 is 1.23 bits per heavy atom. The minimum atomic E-state index is -0.120. The van der Waals surface area contributed by atoms with Gasteiger partial charge in [-0.1, -0.05) is 13.3 Å². The van der Waals surface area contributed by atoms with Gasteiger partial charge in [0, 0.05) is 23.6 Å². The lowest BCUT2D eigenvalue weighted by molar-refractivity contribution is 0.0976. The van der Waals surface area contributed by atoms with Gasteiger partial charge in [0.2, 0.25) is 0 Å². The molecule has 168 valence electrons. The van der Waals surface area contributed by atoms with E-state index in [0.29, 0.717) is 52.9 Å². The van der Waals surface area contributed by atoms with Crippen molar-refractivity contribution in [2.24, 2.45) is 11.8 Å². The number of hydrogen-bond donors (Lipinski definition) is 2. The second-order valence-corrected chi connectivity index (χ2v) is 9.24. The number of nitrogen functional groups attached to an aromatic ring is 1. The van der Waals surface area contributed by atoms with Crippen LogP contribution in [0.3, 0.4) is 0 Å². The molecule has 0 amide bonds. The molecule has 0 unspecified atom stereocenters. The fourth-order valence-corrected chi connectivity index (χ4v) is 4.42. The molecule has 0 atom stereocenters. The molecule has 3 N–H and O–H groups in total. The van der Waals surface area contributed by atoms with E-state index in [9.17, 15) is 9.90 Å². The van der Waals surface area contributed by atoms with Crippen molar-refractivity contribution < 1.29 is 14.6 Å². The second-order valence-electron chi connectivity index (χ2n) is 9.24. The lowest BCUT2D eigenvalue weighted by Gasteiger charge is -2.31. The van der Waals surface area contributed by atoms with Crippen molar-refractivity contribution in [3.05, 3.63) is 29.5 Å². The van der Waals surface area contributed by atoms with Gasteiger partial charge in [-0.15, -0.1) is 0 Å². The van der Waals surface area contributed by atoms with Gasteiger partial charge in [0.05, 0.1) is 30.0 Å². The van der Waals surface area contributed by atoms with Crippen LogP contribution in [0, 0.1) is 11.8 Å². The Kier molecular flexibility index (Phi) is 7.08. The number of nitrogens with zero attached hydrogens (tertiary/aromatic N) is 2. The third-order valence-electron chi connectivity index (χ3n) is 6.74. The van der Waals surface area contributed by atoms with Crippen LogP contribution in [0.4, 0.5) is 5.69 Å². The van der Waals surface area contributed by atoms with Gasteiger partial charge in [-0.05, 0) is 75.7 Å². The number of aliphatic hydroxyl groups excluding tert-OH is 1. The molecular formula is C25H35N3O3. The van der Waals surface area contributed by atoms with E-state index in [4.69, 9.17) is 10.5 Å². The first kappa shape index (κ1) is 22.0. The summed E-state index contributed by atoms with van der Waals surface area (Å²) in [6.45, 7) is 6.19. The minimum absolute atomic E-state index is 0.0675. The lowest BCUT2D eigenvalue weighted by Crippen LogP contribution is -2.36. The van der Waals surface area contributed by atoms with Crippen molar-refractivity contribution in [3.8, 4) is 5.75 Å². The highest BCUT2D eigenvalue weighted by atomic mass is 16.5. The number of rotatable bonds is 10. The third kappa shape index (κ3) is 5.36. The summed E-state index contributed by atoms with van der Waals surface area (Å²) >= 11 is 0. The molecule has 0 bridgehead atoms. The third-order valence-corrected chi connectivity index (χ3v) is 6.74. The fraction of sp³-hybridized carbons (Fsp3) is 0.600. The number of aromatic nitrogens is 1. The quantitative estimate of drug-likeness (QED) is 0.555. The maximum atomic E-state index is 12.6. The second kappa shape index (κ2) is 9.96. The monoisotopic (exact) mass is 425 g/mol. The lowest BCUT2D eigenvalue weighted by atomic mass is 9.97. The van der Waals surface area contributed by atoms with Crippen LogP contribution < -0.4 is 10.5 Å². The predicted molar refractivity (Wildman–Crippen MR) is 123 cm³/mol. The number of benzene rings is 1. The summed E-state index contributed by atoms with van der Waals surface area (Å²) in [5, 5.41) is 10.6. The van der Waals surface area contributed by atoms with Gasteiger partial charge in [-0.2, -0.15) is 0 Å². The largest absolute Gasteiger partial charge is 0.493 e. The molecule has 1 aliphatic heterocycles. The molecule has 2 fully saturated rings. The first-order valence-electron chi connectivity index (χ1n) is 11.8. The molecular weight excluding hydrogens is 390 g/mol. The van der Waals surface area contributed by atoms with E-state index in [0.717, 1.165) is 44.2 Å². The maximum Gasteiger partial charge on any atom is 0.166 e. The summed E-state index contributed by atoms with van der Waals surface area (Å²) in [5.74, 6) is 1.73. The highest BCUT2D eigenvalue weighted by Gasteiger charge is 2.26.